The van der Waals surface area contributed by atoms with Crippen LogP contribution < -0.4 is 11.2 Å². The number of aryl methyl sites for hydroxylation is 1. The van der Waals surface area contributed by atoms with E-state index in [0.717, 1.165) is 17.5 Å². The van der Waals surface area contributed by atoms with E-state index < -0.39 is 0 Å². The van der Waals surface area contributed by atoms with Gasteiger partial charge in [-0.05, 0) is 25.0 Å². The van der Waals surface area contributed by atoms with Crippen LogP contribution in [0, 0.1) is 0 Å². The van der Waals surface area contributed by atoms with Crippen molar-refractivity contribution in [3.05, 3.63) is 51.4 Å². The van der Waals surface area contributed by atoms with Gasteiger partial charge in [-0.1, -0.05) is 31.2 Å². The number of para-hydroxylation sites is 1. The zero-order chi connectivity index (χ0) is 19.0. The zero-order valence-electron chi connectivity index (χ0n) is 15.4. The van der Waals surface area contributed by atoms with Crippen molar-refractivity contribution < 1.29 is 0 Å². The Balaban J connectivity index is 1.92. The van der Waals surface area contributed by atoms with Crippen molar-refractivity contribution >= 4 is 22.2 Å². The van der Waals surface area contributed by atoms with Crippen molar-refractivity contribution in [3.8, 4) is 0 Å². The van der Waals surface area contributed by atoms with Gasteiger partial charge in [0.1, 0.15) is 12.2 Å². The van der Waals surface area contributed by atoms with E-state index in [4.69, 9.17) is 0 Å². The van der Waals surface area contributed by atoms with Crippen LogP contribution in [0.3, 0.4) is 0 Å². The van der Waals surface area contributed by atoms with Crippen molar-refractivity contribution in [2.45, 2.75) is 46.4 Å². The van der Waals surface area contributed by atoms with E-state index in [-0.39, 0.29) is 11.2 Å². The van der Waals surface area contributed by atoms with Crippen LogP contribution in [0.1, 0.15) is 26.7 Å². The number of benzene rings is 1. The average Bonchev–Trinajstić information content (AvgIpc) is 3.27. The second-order valence-electron chi connectivity index (χ2n) is 6.50. The molecule has 0 spiro atoms. The Morgan fingerprint density at radius 3 is 2.52 bits per heavy atom. The number of nitrogens with zero attached hydrogens (tertiary/aromatic N) is 7. The van der Waals surface area contributed by atoms with Gasteiger partial charge in [0.25, 0.3) is 5.56 Å². The fraction of sp³-hybridized carbons (Fsp3) is 0.389. The molecule has 0 aliphatic carbocycles. The maximum atomic E-state index is 13.0. The van der Waals surface area contributed by atoms with Gasteiger partial charge in [0.05, 0.1) is 11.8 Å². The lowest BCUT2D eigenvalue weighted by Gasteiger charge is -2.11. The molecule has 0 amide bonds. The maximum Gasteiger partial charge on any atom is 0.332 e. The van der Waals surface area contributed by atoms with Crippen LogP contribution in [0.5, 0.6) is 0 Å². The molecule has 4 aromatic rings. The summed E-state index contributed by atoms with van der Waals surface area (Å²) < 4.78 is 6.34. The Kier molecular flexibility index (Phi) is 4.35. The van der Waals surface area contributed by atoms with E-state index >= 15 is 0 Å². The Labute approximate surface area is 154 Å². The molecule has 9 nitrogen and oxygen atoms in total. The molecule has 0 radical (unpaired) electrons. The molecule has 0 aliphatic heterocycles. The summed E-state index contributed by atoms with van der Waals surface area (Å²) in [5.41, 5.74) is 1.88. The van der Waals surface area contributed by atoms with Crippen molar-refractivity contribution in [3.63, 3.8) is 0 Å². The molecule has 9 heteroatoms. The minimum absolute atomic E-state index is 0.294. The lowest BCUT2D eigenvalue weighted by atomic mass is 10.3. The van der Waals surface area contributed by atoms with Gasteiger partial charge in [-0.15, -0.1) is 5.10 Å². The highest BCUT2D eigenvalue weighted by molar-refractivity contribution is 5.74. The molecular formula is C18H21N7O2. The Morgan fingerprint density at radius 2 is 1.74 bits per heavy atom. The topological polar surface area (TPSA) is 92.5 Å². The largest absolute Gasteiger partial charge is 0.332 e. The number of aromatic nitrogens is 7. The van der Waals surface area contributed by atoms with Gasteiger partial charge in [-0.25, -0.2) is 14.5 Å². The monoisotopic (exact) mass is 367 g/mol. The second-order valence-corrected chi connectivity index (χ2v) is 6.50. The number of hydrogen-bond donors (Lipinski definition) is 0. The lowest BCUT2D eigenvalue weighted by molar-refractivity contribution is 0.539. The molecule has 0 saturated heterocycles. The average molecular weight is 367 g/mol. The van der Waals surface area contributed by atoms with E-state index in [9.17, 15) is 9.59 Å². The molecule has 0 saturated carbocycles. The van der Waals surface area contributed by atoms with Gasteiger partial charge < -0.3 is 4.57 Å². The molecule has 140 valence electrons. The minimum atomic E-state index is -0.314. The highest BCUT2D eigenvalue weighted by Crippen LogP contribution is 2.12. The van der Waals surface area contributed by atoms with Crippen molar-refractivity contribution in [2.75, 3.05) is 0 Å². The quantitative estimate of drug-likeness (QED) is 0.514. The molecule has 0 N–H and O–H groups in total. The summed E-state index contributed by atoms with van der Waals surface area (Å²) in [6.07, 6.45) is 3.07. The van der Waals surface area contributed by atoms with Gasteiger partial charge in [-0.3, -0.25) is 13.9 Å². The van der Waals surface area contributed by atoms with E-state index in [1.165, 1.54) is 4.57 Å². The van der Waals surface area contributed by atoms with E-state index in [1.807, 2.05) is 38.1 Å². The third-order valence-corrected chi connectivity index (χ3v) is 4.58. The zero-order valence-corrected chi connectivity index (χ0v) is 15.4. The van der Waals surface area contributed by atoms with Gasteiger partial charge in [0.15, 0.2) is 11.2 Å². The Bertz CT molecular complexity index is 1230. The molecule has 0 aliphatic rings. The van der Waals surface area contributed by atoms with Gasteiger partial charge in [-0.2, -0.15) is 0 Å². The first-order valence-corrected chi connectivity index (χ1v) is 9.12. The predicted octanol–water partition coefficient (Wildman–Crippen LogP) is 1.43. The van der Waals surface area contributed by atoms with Crippen molar-refractivity contribution in [1.82, 2.24) is 33.7 Å². The number of rotatable bonds is 6. The molecule has 27 heavy (non-hydrogen) atoms. The molecule has 0 fully saturated rings. The maximum absolute atomic E-state index is 13.0. The van der Waals surface area contributed by atoms with Gasteiger partial charge >= 0.3 is 5.69 Å². The summed E-state index contributed by atoms with van der Waals surface area (Å²) in [5, 5.41) is 8.33. The fourth-order valence-corrected chi connectivity index (χ4v) is 3.36. The third kappa shape index (κ3) is 2.75. The summed E-state index contributed by atoms with van der Waals surface area (Å²) >= 11 is 0. The predicted molar refractivity (Wildman–Crippen MR) is 102 cm³/mol. The normalized spacial score (nSPS) is 11.6. The Hall–Kier alpha value is -3.23. The van der Waals surface area contributed by atoms with Crippen molar-refractivity contribution in [1.29, 1.82) is 0 Å². The minimum Gasteiger partial charge on any atom is -0.304 e. The van der Waals surface area contributed by atoms with Crippen LogP contribution in [0.25, 0.3) is 22.2 Å². The first kappa shape index (κ1) is 17.2. The van der Waals surface area contributed by atoms with Crippen LogP contribution in [-0.2, 0) is 19.8 Å². The summed E-state index contributed by atoms with van der Waals surface area (Å²) in [7, 11) is 0. The first-order chi connectivity index (χ1) is 13.2. The SMILES string of the molecule is CCCn1c(=O)c2c(ncn2Cn2nnc3ccccc32)n(CCC)c1=O. The molecular weight excluding hydrogens is 346 g/mol. The van der Waals surface area contributed by atoms with E-state index in [2.05, 4.69) is 15.3 Å². The molecule has 0 unspecified atom stereocenters. The number of imidazole rings is 1. The Morgan fingerprint density at radius 1 is 1.00 bits per heavy atom. The van der Waals surface area contributed by atoms with Crippen LogP contribution in [0.2, 0.25) is 0 Å². The smallest absolute Gasteiger partial charge is 0.304 e. The fourth-order valence-electron chi connectivity index (χ4n) is 3.36. The molecule has 0 bridgehead atoms. The standard InChI is InChI=1S/C18H21N7O2/c1-3-9-23-16-15(17(26)24(10-4-2)18(23)27)22(11-19-16)12-25-14-8-6-5-7-13(14)20-21-25/h5-8,11H,3-4,9-10,12H2,1-2H3. The van der Waals surface area contributed by atoms with E-state index in [0.29, 0.717) is 37.3 Å². The summed E-state index contributed by atoms with van der Waals surface area (Å²) in [4.78, 5) is 30.1. The van der Waals surface area contributed by atoms with Crippen molar-refractivity contribution in [2.24, 2.45) is 0 Å². The summed E-state index contributed by atoms with van der Waals surface area (Å²) in [6, 6.07) is 7.64. The first-order valence-electron chi connectivity index (χ1n) is 9.12. The van der Waals surface area contributed by atoms with Gasteiger partial charge in [0.2, 0.25) is 0 Å². The van der Waals surface area contributed by atoms with Gasteiger partial charge in [0, 0.05) is 13.1 Å². The molecule has 1 aromatic carbocycles. The highest BCUT2D eigenvalue weighted by Gasteiger charge is 2.18. The summed E-state index contributed by atoms with van der Waals surface area (Å²) in [6.45, 7) is 5.13. The van der Waals surface area contributed by atoms with Crippen LogP contribution in [0.15, 0.2) is 40.2 Å². The third-order valence-electron chi connectivity index (χ3n) is 4.58. The molecule has 4 rings (SSSR count). The molecule has 0 atom stereocenters. The number of hydrogen-bond acceptors (Lipinski definition) is 5. The molecule has 3 heterocycles. The van der Waals surface area contributed by atoms with E-state index in [1.54, 1.807) is 20.1 Å². The lowest BCUT2D eigenvalue weighted by Crippen LogP contribution is -2.40. The second kappa shape index (κ2) is 6.82. The van der Waals surface area contributed by atoms with Crippen LogP contribution in [-0.4, -0.2) is 33.7 Å². The van der Waals surface area contributed by atoms with Crippen LogP contribution in [0.4, 0.5) is 0 Å². The molecule has 3 aromatic heterocycles. The number of fused-ring (bicyclic) bond motifs is 2. The summed E-state index contributed by atoms with van der Waals surface area (Å²) in [5.74, 6) is 0. The van der Waals surface area contributed by atoms with Crippen LogP contribution >= 0.6 is 0 Å². The highest BCUT2D eigenvalue weighted by atomic mass is 16.2.